The molecule has 1 aromatic rings. The first-order chi connectivity index (χ1) is 7.26. The van der Waals surface area contributed by atoms with Gasteiger partial charge in [-0.3, -0.25) is 0 Å². The van der Waals surface area contributed by atoms with Crippen LogP contribution in [0.3, 0.4) is 0 Å². The van der Waals surface area contributed by atoms with Crippen LogP contribution in [0.4, 0.5) is 0 Å². The minimum atomic E-state index is -0.183. The Hall–Kier alpha value is -0.520. The monoisotopic (exact) mass is 231 g/mol. The maximum atomic E-state index is 5.40. The minimum absolute atomic E-state index is 0.183. The van der Waals surface area contributed by atoms with Gasteiger partial charge in [-0.25, -0.2) is 4.98 Å². The maximum absolute atomic E-state index is 5.40. The van der Waals surface area contributed by atoms with E-state index in [4.69, 9.17) is 13.9 Å². The molecule has 0 amide bonds. The first-order valence-electron chi connectivity index (χ1n) is 5.04. The number of ether oxygens (including phenoxy) is 2. The standard InChI is InChI=1S/C10H17NO3S/c1-4-12-9(13-5-2)7-15-10-11-8(3)6-14-10/h6,9H,4-5,7H2,1-3H3. The highest BCUT2D eigenvalue weighted by atomic mass is 32.2. The molecule has 1 heterocycles. The van der Waals surface area contributed by atoms with Crippen LogP contribution in [0, 0.1) is 6.92 Å². The Bertz CT molecular complexity index is 271. The van der Waals surface area contributed by atoms with Gasteiger partial charge in [0, 0.05) is 13.2 Å². The SMILES string of the molecule is CCOC(CSc1nc(C)co1)OCC. The van der Waals surface area contributed by atoms with Crippen molar-refractivity contribution in [3.05, 3.63) is 12.0 Å². The molecule has 5 heteroatoms. The molecule has 0 spiro atoms. The van der Waals surface area contributed by atoms with Crippen molar-refractivity contribution in [3.63, 3.8) is 0 Å². The van der Waals surface area contributed by atoms with Crippen molar-refractivity contribution < 1.29 is 13.9 Å². The Morgan fingerprint density at radius 1 is 1.40 bits per heavy atom. The summed E-state index contributed by atoms with van der Waals surface area (Å²) in [4.78, 5) is 4.19. The third-order valence-corrected chi connectivity index (χ3v) is 2.52. The van der Waals surface area contributed by atoms with Crippen LogP contribution in [-0.4, -0.2) is 30.2 Å². The molecule has 4 nitrogen and oxygen atoms in total. The summed E-state index contributed by atoms with van der Waals surface area (Å²) < 4.78 is 16.0. The van der Waals surface area contributed by atoms with E-state index in [-0.39, 0.29) is 6.29 Å². The minimum Gasteiger partial charge on any atom is -0.440 e. The van der Waals surface area contributed by atoms with E-state index in [9.17, 15) is 0 Å². The maximum Gasteiger partial charge on any atom is 0.255 e. The molecule has 86 valence electrons. The normalized spacial score (nSPS) is 11.2. The second-order valence-electron chi connectivity index (χ2n) is 2.91. The highest BCUT2D eigenvalue weighted by Crippen LogP contribution is 2.18. The fourth-order valence-corrected chi connectivity index (χ4v) is 1.85. The summed E-state index contributed by atoms with van der Waals surface area (Å²) in [5.74, 6) is 0.696. The molecule has 0 bridgehead atoms. The largest absolute Gasteiger partial charge is 0.440 e. The Morgan fingerprint density at radius 3 is 2.53 bits per heavy atom. The number of thioether (sulfide) groups is 1. The van der Waals surface area contributed by atoms with Crippen molar-refractivity contribution in [1.29, 1.82) is 0 Å². The summed E-state index contributed by atoms with van der Waals surface area (Å²) in [6.45, 7) is 7.10. The molecule has 0 unspecified atom stereocenters. The van der Waals surface area contributed by atoms with Crippen LogP contribution < -0.4 is 0 Å². The van der Waals surface area contributed by atoms with E-state index < -0.39 is 0 Å². The Morgan fingerprint density at radius 2 is 2.07 bits per heavy atom. The Labute approximate surface area is 94.4 Å². The quantitative estimate of drug-likeness (QED) is 0.533. The second kappa shape index (κ2) is 6.87. The topological polar surface area (TPSA) is 44.5 Å². The number of rotatable bonds is 7. The van der Waals surface area contributed by atoms with Crippen LogP contribution in [0.15, 0.2) is 15.9 Å². The van der Waals surface area contributed by atoms with Crippen LogP contribution in [0.25, 0.3) is 0 Å². The van der Waals surface area contributed by atoms with Crippen LogP contribution in [0.5, 0.6) is 0 Å². The Kier molecular flexibility index (Phi) is 5.75. The van der Waals surface area contributed by atoms with Gasteiger partial charge >= 0.3 is 0 Å². The van der Waals surface area contributed by atoms with Gasteiger partial charge in [0.2, 0.25) is 0 Å². The zero-order chi connectivity index (χ0) is 11.1. The van der Waals surface area contributed by atoms with Gasteiger partial charge < -0.3 is 13.9 Å². The predicted molar refractivity (Wildman–Crippen MR) is 59.0 cm³/mol. The average Bonchev–Trinajstić information content (AvgIpc) is 2.61. The molecule has 15 heavy (non-hydrogen) atoms. The average molecular weight is 231 g/mol. The molecule has 1 aromatic heterocycles. The lowest BCUT2D eigenvalue weighted by Crippen LogP contribution is -2.19. The van der Waals surface area contributed by atoms with E-state index in [1.165, 1.54) is 11.8 Å². The van der Waals surface area contributed by atoms with Crippen molar-refractivity contribution in [2.75, 3.05) is 19.0 Å². The highest BCUT2D eigenvalue weighted by molar-refractivity contribution is 7.99. The van der Waals surface area contributed by atoms with Crippen molar-refractivity contribution in [3.8, 4) is 0 Å². The van der Waals surface area contributed by atoms with E-state index in [0.717, 1.165) is 5.69 Å². The zero-order valence-electron chi connectivity index (χ0n) is 9.36. The predicted octanol–water partition coefficient (Wildman–Crippen LogP) is 2.47. The lowest BCUT2D eigenvalue weighted by atomic mass is 10.6. The van der Waals surface area contributed by atoms with Gasteiger partial charge in [-0.2, -0.15) is 0 Å². The van der Waals surface area contributed by atoms with Crippen LogP contribution in [-0.2, 0) is 9.47 Å². The smallest absolute Gasteiger partial charge is 0.255 e. The summed E-state index contributed by atoms with van der Waals surface area (Å²) in [5.41, 5.74) is 0.891. The fraction of sp³-hybridized carbons (Fsp3) is 0.700. The molecule has 0 saturated heterocycles. The van der Waals surface area contributed by atoms with E-state index >= 15 is 0 Å². The summed E-state index contributed by atoms with van der Waals surface area (Å²) in [5, 5.41) is 0.664. The fourth-order valence-electron chi connectivity index (χ4n) is 1.05. The van der Waals surface area contributed by atoms with E-state index in [1.807, 2.05) is 20.8 Å². The molecule has 0 atom stereocenters. The number of oxazole rings is 1. The van der Waals surface area contributed by atoms with Gasteiger partial charge in [0.25, 0.3) is 5.22 Å². The summed E-state index contributed by atoms with van der Waals surface area (Å²) >= 11 is 1.50. The number of aromatic nitrogens is 1. The molecule has 0 aromatic carbocycles. The number of nitrogens with zero attached hydrogens (tertiary/aromatic N) is 1. The summed E-state index contributed by atoms with van der Waals surface area (Å²) in [6, 6.07) is 0. The summed E-state index contributed by atoms with van der Waals surface area (Å²) in [7, 11) is 0. The molecular weight excluding hydrogens is 214 g/mol. The van der Waals surface area contributed by atoms with Crippen molar-refractivity contribution >= 4 is 11.8 Å². The third kappa shape index (κ3) is 4.68. The van der Waals surface area contributed by atoms with Crippen LogP contribution in [0.2, 0.25) is 0 Å². The van der Waals surface area contributed by atoms with E-state index in [0.29, 0.717) is 24.2 Å². The van der Waals surface area contributed by atoms with Gasteiger partial charge in [-0.1, -0.05) is 11.8 Å². The summed E-state index contributed by atoms with van der Waals surface area (Å²) in [6.07, 6.45) is 1.45. The molecule has 0 saturated carbocycles. The molecule has 0 aliphatic carbocycles. The second-order valence-corrected chi connectivity index (χ2v) is 3.88. The first kappa shape index (κ1) is 12.5. The third-order valence-electron chi connectivity index (χ3n) is 1.65. The molecular formula is C10H17NO3S. The number of hydrogen-bond acceptors (Lipinski definition) is 5. The molecule has 0 aliphatic rings. The van der Waals surface area contributed by atoms with Gasteiger partial charge in [0.1, 0.15) is 6.26 Å². The van der Waals surface area contributed by atoms with Crippen LogP contribution >= 0.6 is 11.8 Å². The van der Waals surface area contributed by atoms with Crippen molar-refractivity contribution in [1.82, 2.24) is 4.98 Å². The first-order valence-corrected chi connectivity index (χ1v) is 6.03. The van der Waals surface area contributed by atoms with Gasteiger partial charge in [0.15, 0.2) is 6.29 Å². The molecule has 0 fully saturated rings. The van der Waals surface area contributed by atoms with Crippen LogP contribution in [0.1, 0.15) is 19.5 Å². The molecule has 0 N–H and O–H groups in total. The number of aryl methyl sites for hydroxylation is 1. The lowest BCUT2D eigenvalue weighted by molar-refractivity contribution is -0.120. The van der Waals surface area contributed by atoms with Gasteiger partial charge in [-0.05, 0) is 20.8 Å². The van der Waals surface area contributed by atoms with Gasteiger partial charge in [0.05, 0.1) is 11.4 Å². The molecule has 0 aliphatic heterocycles. The molecule has 0 radical (unpaired) electrons. The van der Waals surface area contributed by atoms with Gasteiger partial charge in [-0.15, -0.1) is 0 Å². The highest BCUT2D eigenvalue weighted by Gasteiger charge is 2.10. The van der Waals surface area contributed by atoms with E-state index in [1.54, 1.807) is 6.26 Å². The molecule has 1 rings (SSSR count). The number of hydrogen-bond donors (Lipinski definition) is 0. The lowest BCUT2D eigenvalue weighted by Gasteiger charge is -2.15. The van der Waals surface area contributed by atoms with Crippen molar-refractivity contribution in [2.24, 2.45) is 0 Å². The van der Waals surface area contributed by atoms with E-state index in [2.05, 4.69) is 4.98 Å². The van der Waals surface area contributed by atoms with Crippen molar-refractivity contribution in [2.45, 2.75) is 32.3 Å². The Balaban J connectivity index is 2.32. The zero-order valence-corrected chi connectivity index (χ0v) is 10.2.